The molecule has 0 atom stereocenters. The van der Waals surface area contributed by atoms with Gasteiger partial charge in [-0.1, -0.05) is 6.07 Å². The summed E-state index contributed by atoms with van der Waals surface area (Å²) in [6.45, 7) is 8.52. The lowest BCUT2D eigenvalue weighted by molar-refractivity contribution is 0.0332. The molecule has 2 aliphatic heterocycles. The highest BCUT2D eigenvalue weighted by Crippen LogP contribution is 2.24. The van der Waals surface area contributed by atoms with Gasteiger partial charge in [-0.15, -0.1) is 0 Å². The van der Waals surface area contributed by atoms with Gasteiger partial charge in [0.1, 0.15) is 0 Å². The third kappa shape index (κ3) is 6.73. The summed E-state index contributed by atoms with van der Waals surface area (Å²) in [5.74, 6) is 0.544. The van der Waals surface area contributed by atoms with E-state index in [0.29, 0.717) is 11.5 Å². The number of hydrogen-bond acceptors (Lipinski definition) is 6. The SMILES string of the molecule is COCCNS(=O)(=O)c1ccc(C)c(C(=O)N2CCC(CCN3CCOCC3)CC2)c1. The quantitative estimate of drug-likeness (QED) is 0.570. The van der Waals surface area contributed by atoms with Crippen molar-refractivity contribution in [3.05, 3.63) is 29.3 Å². The fourth-order valence-electron chi connectivity index (χ4n) is 4.15. The molecule has 31 heavy (non-hydrogen) atoms. The lowest BCUT2D eigenvalue weighted by Crippen LogP contribution is -2.41. The Labute approximate surface area is 185 Å². The van der Waals surface area contributed by atoms with Gasteiger partial charge in [-0.25, -0.2) is 13.1 Å². The number of likely N-dealkylation sites (tertiary alicyclic amines) is 1. The Morgan fingerprint density at radius 1 is 1.19 bits per heavy atom. The molecule has 2 heterocycles. The van der Waals surface area contributed by atoms with Crippen molar-refractivity contribution in [1.29, 1.82) is 0 Å². The minimum absolute atomic E-state index is 0.0851. The monoisotopic (exact) mass is 453 g/mol. The van der Waals surface area contributed by atoms with Crippen LogP contribution in [0.15, 0.2) is 23.1 Å². The van der Waals surface area contributed by atoms with Crippen LogP contribution in [0.25, 0.3) is 0 Å². The van der Waals surface area contributed by atoms with Crippen LogP contribution >= 0.6 is 0 Å². The van der Waals surface area contributed by atoms with E-state index in [0.717, 1.165) is 70.8 Å². The zero-order valence-electron chi connectivity index (χ0n) is 18.6. The van der Waals surface area contributed by atoms with Gasteiger partial charge >= 0.3 is 0 Å². The highest BCUT2D eigenvalue weighted by Gasteiger charge is 2.26. The van der Waals surface area contributed by atoms with Crippen molar-refractivity contribution < 1.29 is 22.7 Å². The largest absolute Gasteiger partial charge is 0.383 e. The predicted octanol–water partition coefficient (Wildman–Crippen LogP) is 1.49. The number of benzene rings is 1. The molecule has 0 aromatic heterocycles. The van der Waals surface area contributed by atoms with E-state index in [2.05, 4.69) is 9.62 Å². The summed E-state index contributed by atoms with van der Waals surface area (Å²) in [7, 11) is -2.16. The maximum absolute atomic E-state index is 13.1. The topological polar surface area (TPSA) is 88.2 Å². The molecule has 0 radical (unpaired) electrons. The number of aryl methyl sites for hydroxylation is 1. The van der Waals surface area contributed by atoms with Crippen LogP contribution in [-0.4, -0.2) is 90.3 Å². The number of nitrogens with one attached hydrogen (secondary N) is 1. The van der Waals surface area contributed by atoms with Crippen molar-refractivity contribution in [2.24, 2.45) is 5.92 Å². The minimum atomic E-state index is -3.68. The second-order valence-electron chi connectivity index (χ2n) is 8.35. The number of methoxy groups -OCH3 is 1. The summed E-state index contributed by atoms with van der Waals surface area (Å²) in [6, 6.07) is 4.74. The van der Waals surface area contributed by atoms with Crippen LogP contribution in [0.3, 0.4) is 0 Å². The maximum atomic E-state index is 13.1. The fourth-order valence-corrected chi connectivity index (χ4v) is 5.18. The molecule has 2 saturated heterocycles. The Morgan fingerprint density at radius 2 is 1.90 bits per heavy atom. The molecule has 174 valence electrons. The van der Waals surface area contributed by atoms with Crippen LogP contribution in [-0.2, 0) is 19.5 Å². The standard InChI is InChI=1S/C22H35N3O5S/c1-18-3-4-20(31(27,28)23-8-14-29-2)17-21(18)22(26)25-10-6-19(7-11-25)5-9-24-12-15-30-16-13-24/h3-4,17,19,23H,5-16H2,1-2H3. The van der Waals surface area contributed by atoms with Gasteiger partial charge < -0.3 is 14.4 Å². The van der Waals surface area contributed by atoms with Gasteiger partial charge in [0.25, 0.3) is 5.91 Å². The number of amides is 1. The van der Waals surface area contributed by atoms with Gasteiger partial charge in [-0.2, -0.15) is 0 Å². The van der Waals surface area contributed by atoms with Gasteiger partial charge in [-0.05, 0) is 56.3 Å². The van der Waals surface area contributed by atoms with Crippen LogP contribution in [0.2, 0.25) is 0 Å². The van der Waals surface area contributed by atoms with Crippen LogP contribution < -0.4 is 4.72 Å². The average molecular weight is 454 g/mol. The van der Waals surface area contributed by atoms with E-state index < -0.39 is 10.0 Å². The molecule has 1 N–H and O–H groups in total. The number of piperidine rings is 1. The third-order valence-electron chi connectivity index (χ3n) is 6.21. The number of hydrogen-bond donors (Lipinski definition) is 1. The normalized spacial score (nSPS) is 19.0. The first kappa shape index (κ1) is 24.1. The average Bonchev–Trinajstić information content (AvgIpc) is 2.78. The molecule has 0 aliphatic carbocycles. The van der Waals surface area contributed by atoms with Gasteiger partial charge in [0, 0.05) is 45.4 Å². The molecule has 9 heteroatoms. The fraction of sp³-hybridized carbons (Fsp3) is 0.682. The molecule has 1 amide bonds. The molecule has 1 aromatic rings. The molecule has 0 saturated carbocycles. The van der Waals surface area contributed by atoms with E-state index in [-0.39, 0.29) is 24.0 Å². The first-order valence-electron chi connectivity index (χ1n) is 11.1. The smallest absolute Gasteiger partial charge is 0.254 e. The maximum Gasteiger partial charge on any atom is 0.254 e. The van der Waals surface area contributed by atoms with Gasteiger partial charge in [0.15, 0.2) is 0 Å². The van der Waals surface area contributed by atoms with Crippen molar-refractivity contribution >= 4 is 15.9 Å². The van der Waals surface area contributed by atoms with Gasteiger partial charge in [0.05, 0.1) is 24.7 Å². The van der Waals surface area contributed by atoms with E-state index in [1.165, 1.54) is 13.2 Å². The highest BCUT2D eigenvalue weighted by atomic mass is 32.2. The van der Waals surface area contributed by atoms with E-state index in [1.807, 2.05) is 11.8 Å². The van der Waals surface area contributed by atoms with Crippen molar-refractivity contribution in [2.75, 3.05) is 66.2 Å². The van der Waals surface area contributed by atoms with Crippen LogP contribution in [0.1, 0.15) is 35.2 Å². The molecular weight excluding hydrogens is 418 g/mol. The summed E-state index contributed by atoms with van der Waals surface area (Å²) in [5, 5.41) is 0. The molecule has 0 unspecified atom stereocenters. The Bertz CT molecular complexity index is 832. The first-order chi connectivity index (χ1) is 14.9. The van der Waals surface area contributed by atoms with Crippen molar-refractivity contribution in [2.45, 2.75) is 31.1 Å². The van der Waals surface area contributed by atoms with E-state index in [4.69, 9.17) is 9.47 Å². The summed E-state index contributed by atoms with van der Waals surface area (Å²) in [5.41, 5.74) is 1.25. The third-order valence-corrected chi connectivity index (χ3v) is 7.67. The molecule has 0 bridgehead atoms. The number of ether oxygens (including phenoxy) is 2. The number of nitrogens with zero attached hydrogens (tertiary/aromatic N) is 2. The van der Waals surface area contributed by atoms with Gasteiger partial charge in [-0.3, -0.25) is 9.69 Å². The van der Waals surface area contributed by atoms with E-state index in [1.54, 1.807) is 12.1 Å². The number of rotatable bonds is 9. The molecule has 2 aliphatic rings. The Morgan fingerprint density at radius 3 is 2.58 bits per heavy atom. The van der Waals surface area contributed by atoms with E-state index >= 15 is 0 Å². The number of carbonyl (C=O) groups is 1. The second kappa shape index (κ2) is 11.4. The molecule has 8 nitrogen and oxygen atoms in total. The zero-order chi connectivity index (χ0) is 22.3. The summed E-state index contributed by atoms with van der Waals surface area (Å²) in [6.07, 6.45) is 3.14. The van der Waals surface area contributed by atoms with E-state index in [9.17, 15) is 13.2 Å². The Balaban J connectivity index is 1.56. The lowest BCUT2D eigenvalue weighted by Gasteiger charge is -2.34. The predicted molar refractivity (Wildman–Crippen MR) is 119 cm³/mol. The molecule has 2 fully saturated rings. The summed E-state index contributed by atoms with van der Waals surface area (Å²) >= 11 is 0. The molecule has 1 aromatic carbocycles. The Kier molecular flexibility index (Phi) is 8.85. The lowest BCUT2D eigenvalue weighted by atomic mass is 9.92. The molecule has 3 rings (SSSR count). The molecular formula is C22H35N3O5S. The number of sulfonamides is 1. The van der Waals surface area contributed by atoms with Crippen LogP contribution in [0.5, 0.6) is 0 Å². The number of carbonyl (C=O) groups excluding carboxylic acids is 1. The second-order valence-corrected chi connectivity index (χ2v) is 10.1. The first-order valence-corrected chi connectivity index (χ1v) is 12.6. The highest BCUT2D eigenvalue weighted by molar-refractivity contribution is 7.89. The summed E-state index contributed by atoms with van der Waals surface area (Å²) in [4.78, 5) is 17.6. The summed E-state index contributed by atoms with van der Waals surface area (Å²) < 4.78 is 37.8. The van der Waals surface area contributed by atoms with Gasteiger partial charge in [0.2, 0.25) is 10.0 Å². The van der Waals surface area contributed by atoms with Crippen LogP contribution in [0.4, 0.5) is 0 Å². The van der Waals surface area contributed by atoms with Crippen molar-refractivity contribution in [3.63, 3.8) is 0 Å². The number of morpholine rings is 1. The van der Waals surface area contributed by atoms with Crippen LogP contribution in [0, 0.1) is 12.8 Å². The van der Waals surface area contributed by atoms with Crippen molar-refractivity contribution in [1.82, 2.24) is 14.5 Å². The molecule has 0 spiro atoms. The van der Waals surface area contributed by atoms with Crippen molar-refractivity contribution in [3.8, 4) is 0 Å². The minimum Gasteiger partial charge on any atom is -0.383 e. The Hall–Kier alpha value is -1.52. The zero-order valence-corrected chi connectivity index (χ0v) is 19.5.